The average Bonchev–Trinajstić information content (AvgIpc) is 1.97. The van der Waals surface area contributed by atoms with Gasteiger partial charge in [-0.3, -0.25) is 4.79 Å². The van der Waals surface area contributed by atoms with Crippen LogP contribution in [0.25, 0.3) is 0 Å². The highest BCUT2D eigenvalue weighted by atomic mass is 35.5. The number of hydrogen-bond donors (Lipinski definition) is 0. The monoisotopic (exact) mass is 172 g/mol. The van der Waals surface area contributed by atoms with E-state index in [1.54, 1.807) is 6.92 Å². The first-order valence-electron chi connectivity index (χ1n) is 3.06. The molecular formula is C8H6ClFO. The number of hydrogen-bond acceptors (Lipinski definition) is 1. The maximum atomic E-state index is 12.6. The predicted octanol–water partition coefficient (Wildman–Crippen LogP) is 2.60. The molecule has 0 saturated carbocycles. The second-order valence-electron chi connectivity index (χ2n) is 2.24. The molecule has 1 aromatic carbocycles. The van der Waals surface area contributed by atoms with Crippen molar-refractivity contribution in [3.05, 3.63) is 34.1 Å². The quantitative estimate of drug-likeness (QED) is 0.595. The summed E-state index contributed by atoms with van der Waals surface area (Å²) in [7, 11) is 0. The lowest BCUT2D eigenvalue weighted by molar-refractivity contribution is 0.112. The summed E-state index contributed by atoms with van der Waals surface area (Å²) in [6.45, 7) is 1.66. The maximum absolute atomic E-state index is 12.6. The van der Waals surface area contributed by atoms with E-state index in [-0.39, 0.29) is 5.02 Å². The topological polar surface area (TPSA) is 17.1 Å². The summed E-state index contributed by atoms with van der Waals surface area (Å²) in [5.41, 5.74) is 1.03. The molecule has 0 radical (unpaired) electrons. The zero-order valence-electron chi connectivity index (χ0n) is 5.90. The van der Waals surface area contributed by atoms with Gasteiger partial charge in [0.05, 0.1) is 5.02 Å². The molecule has 0 aliphatic carbocycles. The standard InChI is InChI=1S/C8H6ClFO/c1-5-2-8(10)7(9)3-6(5)4-11/h2-4H,1H3. The normalized spacial score (nSPS) is 9.73. The molecule has 11 heavy (non-hydrogen) atoms. The van der Waals surface area contributed by atoms with Crippen LogP contribution >= 0.6 is 11.6 Å². The highest BCUT2D eigenvalue weighted by molar-refractivity contribution is 6.31. The molecule has 1 nitrogen and oxygen atoms in total. The van der Waals surface area contributed by atoms with Gasteiger partial charge < -0.3 is 0 Å². The van der Waals surface area contributed by atoms with Crippen molar-refractivity contribution in [1.82, 2.24) is 0 Å². The summed E-state index contributed by atoms with van der Waals surface area (Å²) in [4.78, 5) is 10.3. The molecule has 0 amide bonds. The van der Waals surface area contributed by atoms with Crippen LogP contribution in [0, 0.1) is 12.7 Å². The molecule has 58 valence electrons. The van der Waals surface area contributed by atoms with Crippen LogP contribution in [0.5, 0.6) is 0 Å². The first-order valence-corrected chi connectivity index (χ1v) is 3.44. The van der Waals surface area contributed by atoms with Crippen molar-refractivity contribution < 1.29 is 9.18 Å². The molecule has 1 rings (SSSR count). The van der Waals surface area contributed by atoms with Crippen LogP contribution in [0.15, 0.2) is 12.1 Å². The fourth-order valence-corrected chi connectivity index (χ4v) is 0.961. The largest absolute Gasteiger partial charge is 0.298 e. The summed E-state index contributed by atoms with van der Waals surface area (Å²) >= 11 is 5.43. The minimum absolute atomic E-state index is 0.0160. The molecule has 0 spiro atoms. The Hall–Kier alpha value is -0.890. The van der Waals surface area contributed by atoms with Gasteiger partial charge in [0.2, 0.25) is 0 Å². The van der Waals surface area contributed by atoms with E-state index >= 15 is 0 Å². The minimum atomic E-state index is -0.491. The van der Waals surface area contributed by atoms with Gasteiger partial charge in [-0.25, -0.2) is 4.39 Å². The first kappa shape index (κ1) is 8.21. The fraction of sp³-hybridized carbons (Fsp3) is 0.125. The van der Waals surface area contributed by atoms with Crippen molar-refractivity contribution in [2.45, 2.75) is 6.92 Å². The number of carbonyl (C=O) groups is 1. The van der Waals surface area contributed by atoms with Gasteiger partial charge >= 0.3 is 0 Å². The SMILES string of the molecule is Cc1cc(F)c(Cl)cc1C=O. The third kappa shape index (κ3) is 1.57. The van der Waals surface area contributed by atoms with E-state index in [9.17, 15) is 9.18 Å². The lowest BCUT2D eigenvalue weighted by Crippen LogP contribution is -1.88. The molecule has 0 fully saturated rings. The first-order chi connectivity index (χ1) is 5.15. The fourth-order valence-electron chi connectivity index (χ4n) is 0.789. The van der Waals surface area contributed by atoms with Gasteiger partial charge in [0.15, 0.2) is 0 Å². The summed E-state index contributed by atoms with van der Waals surface area (Å²) in [5, 5.41) is -0.0160. The zero-order valence-corrected chi connectivity index (χ0v) is 6.65. The Morgan fingerprint density at radius 1 is 1.55 bits per heavy atom. The van der Waals surface area contributed by atoms with Gasteiger partial charge in [0.25, 0.3) is 0 Å². The zero-order chi connectivity index (χ0) is 8.43. The lowest BCUT2D eigenvalue weighted by Gasteiger charge is -1.99. The highest BCUT2D eigenvalue weighted by Gasteiger charge is 2.03. The van der Waals surface area contributed by atoms with Gasteiger partial charge in [-0.15, -0.1) is 0 Å². The summed E-state index contributed by atoms with van der Waals surface area (Å²) < 4.78 is 12.6. The van der Waals surface area contributed by atoms with Crippen LogP contribution in [0.4, 0.5) is 4.39 Å². The van der Waals surface area contributed by atoms with Crippen molar-refractivity contribution in [2.24, 2.45) is 0 Å². The van der Waals surface area contributed by atoms with Crippen LogP contribution in [-0.2, 0) is 0 Å². The van der Waals surface area contributed by atoms with Crippen molar-refractivity contribution in [1.29, 1.82) is 0 Å². The molecule has 0 bridgehead atoms. The van der Waals surface area contributed by atoms with E-state index in [0.717, 1.165) is 0 Å². The lowest BCUT2D eigenvalue weighted by atomic mass is 10.1. The van der Waals surface area contributed by atoms with Crippen molar-refractivity contribution in [3.63, 3.8) is 0 Å². The van der Waals surface area contributed by atoms with E-state index in [1.807, 2.05) is 0 Å². The average molecular weight is 173 g/mol. The molecule has 3 heteroatoms. The molecular weight excluding hydrogens is 167 g/mol. The number of aryl methyl sites for hydroxylation is 1. The Morgan fingerprint density at radius 3 is 2.73 bits per heavy atom. The van der Waals surface area contributed by atoms with E-state index in [1.165, 1.54) is 12.1 Å². The molecule has 0 heterocycles. The third-order valence-corrected chi connectivity index (χ3v) is 1.73. The number of carbonyl (C=O) groups excluding carboxylic acids is 1. The Kier molecular flexibility index (Phi) is 2.25. The van der Waals surface area contributed by atoms with E-state index in [0.29, 0.717) is 17.4 Å². The smallest absolute Gasteiger partial charge is 0.150 e. The Morgan fingerprint density at radius 2 is 2.18 bits per heavy atom. The van der Waals surface area contributed by atoms with Gasteiger partial charge in [-0.2, -0.15) is 0 Å². The Balaban J connectivity index is 3.31. The summed E-state index contributed by atoms with van der Waals surface area (Å²) in [5.74, 6) is -0.491. The second-order valence-corrected chi connectivity index (χ2v) is 2.65. The van der Waals surface area contributed by atoms with E-state index < -0.39 is 5.82 Å². The maximum Gasteiger partial charge on any atom is 0.150 e. The molecule has 0 unspecified atom stereocenters. The van der Waals surface area contributed by atoms with Crippen LogP contribution in [0.1, 0.15) is 15.9 Å². The highest BCUT2D eigenvalue weighted by Crippen LogP contribution is 2.18. The predicted molar refractivity (Wildman–Crippen MR) is 41.5 cm³/mol. The summed E-state index contributed by atoms with van der Waals surface area (Å²) in [6, 6.07) is 2.56. The van der Waals surface area contributed by atoms with Crippen LogP contribution in [-0.4, -0.2) is 6.29 Å². The molecule has 0 N–H and O–H groups in total. The van der Waals surface area contributed by atoms with Gasteiger partial charge in [0, 0.05) is 5.56 Å². The molecule has 0 aliphatic heterocycles. The minimum Gasteiger partial charge on any atom is -0.298 e. The molecule has 0 aromatic heterocycles. The second kappa shape index (κ2) is 3.01. The Bertz CT molecular complexity index is 296. The number of aldehydes is 1. The van der Waals surface area contributed by atoms with Gasteiger partial charge in [-0.1, -0.05) is 11.6 Å². The summed E-state index contributed by atoms with van der Waals surface area (Å²) in [6.07, 6.45) is 0.653. The van der Waals surface area contributed by atoms with Crippen molar-refractivity contribution >= 4 is 17.9 Å². The third-order valence-electron chi connectivity index (χ3n) is 1.44. The van der Waals surface area contributed by atoms with Gasteiger partial charge in [-0.05, 0) is 24.6 Å². The Labute approximate surface area is 68.8 Å². The molecule has 1 aromatic rings. The number of rotatable bonds is 1. The van der Waals surface area contributed by atoms with Crippen molar-refractivity contribution in [2.75, 3.05) is 0 Å². The molecule has 0 saturated heterocycles. The van der Waals surface area contributed by atoms with E-state index in [4.69, 9.17) is 11.6 Å². The van der Waals surface area contributed by atoms with Crippen molar-refractivity contribution in [3.8, 4) is 0 Å². The molecule has 0 atom stereocenters. The van der Waals surface area contributed by atoms with Crippen LogP contribution in [0.2, 0.25) is 5.02 Å². The van der Waals surface area contributed by atoms with Gasteiger partial charge in [0.1, 0.15) is 12.1 Å². The van der Waals surface area contributed by atoms with Crippen LogP contribution < -0.4 is 0 Å². The van der Waals surface area contributed by atoms with Crippen LogP contribution in [0.3, 0.4) is 0 Å². The van der Waals surface area contributed by atoms with E-state index in [2.05, 4.69) is 0 Å². The number of halogens is 2. The molecule has 0 aliphatic rings. The number of benzene rings is 1.